The van der Waals surface area contributed by atoms with E-state index in [1.807, 2.05) is 24.3 Å². The summed E-state index contributed by atoms with van der Waals surface area (Å²) in [6.07, 6.45) is 4.50. The van der Waals surface area contributed by atoms with Crippen LogP contribution in [0.1, 0.15) is 67.6 Å². The van der Waals surface area contributed by atoms with E-state index in [0.29, 0.717) is 11.3 Å². The number of aryl methyl sites for hydroxylation is 1. The Morgan fingerprint density at radius 2 is 1.77 bits per heavy atom. The maximum Gasteiger partial charge on any atom is 0.306 e. The van der Waals surface area contributed by atoms with Gasteiger partial charge in [-0.15, -0.1) is 11.3 Å². The molecule has 184 valence electrons. The number of hydrogen-bond acceptors (Lipinski definition) is 6. The first kappa shape index (κ1) is 26.2. The van der Waals surface area contributed by atoms with Crippen molar-refractivity contribution < 1.29 is 23.5 Å². The molecule has 3 aromatic rings. The molecule has 0 saturated heterocycles. The summed E-state index contributed by atoms with van der Waals surface area (Å²) in [7, 11) is 0. The van der Waals surface area contributed by atoms with E-state index in [4.69, 9.17) is 4.74 Å². The number of thiazole rings is 1. The molecule has 0 aliphatic rings. The third kappa shape index (κ3) is 7.55. The van der Waals surface area contributed by atoms with Crippen LogP contribution in [0, 0.1) is 5.82 Å². The Balaban J connectivity index is 1.49. The molecule has 35 heavy (non-hydrogen) atoms. The topological polar surface area (TPSA) is 76.6 Å². The average Bonchev–Trinajstić information content (AvgIpc) is 3.31. The second-order valence-corrected chi connectivity index (χ2v) is 9.00. The number of carbonyl (C=O) groups excluding carboxylic acids is 3. The summed E-state index contributed by atoms with van der Waals surface area (Å²) >= 11 is 1.15. The first-order chi connectivity index (χ1) is 16.9. The zero-order chi connectivity index (χ0) is 25.2. The molecular weight excluding hydrogens is 467 g/mol. The molecule has 8 heteroatoms. The lowest BCUT2D eigenvalue weighted by atomic mass is 10.0. The van der Waals surface area contributed by atoms with E-state index in [-0.39, 0.29) is 42.0 Å². The summed E-state index contributed by atoms with van der Waals surface area (Å²) in [6, 6.07) is 13.5. The van der Waals surface area contributed by atoms with Crippen LogP contribution in [0.5, 0.6) is 0 Å². The zero-order valence-corrected chi connectivity index (χ0v) is 20.8. The van der Waals surface area contributed by atoms with Crippen molar-refractivity contribution >= 4 is 39.8 Å². The second-order valence-electron chi connectivity index (χ2n) is 8.17. The Bertz CT molecular complexity index is 1160. The van der Waals surface area contributed by atoms with Crippen LogP contribution < -0.4 is 4.90 Å². The fourth-order valence-corrected chi connectivity index (χ4v) is 4.39. The number of esters is 1. The highest BCUT2D eigenvalue weighted by Crippen LogP contribution is 2.30. The van der Waals surface area contributed by atoms with Crippen LogP contribution in [0.25, 0.3) is 0 Å². The van der Waals surface area contributed by atoms with Crippen LogP contribution in [0.4, 0.5) is 15.2 Å². The maximum absolute atomic E-state index is 14.2. The molecule has 0 atom stereocenters. The van der Waals surface area contributed by atoms with Gasteiger partial charge in [0.05, 0.1) is 17.8 Å². The van der Waals surface area contributed by atoms with Crippen molar-refractivity contribution in [2.45, 2.75) is 59.0 Å². The van der Waals surface area contributed by atoms with Gasteiger partial charge in [0, 0.05) is 24.3 Å². The monoisotopic (exact) mass is 496 g/mol. The minimum Gasteiger partial charge on any atom is -0.459 e. The van der Waals surface area contributed by atoms with Crippen LogP contribution in [-0.2, 0) is 27.4 Å². The number of aromatic nitrogens is 1. The fraction of sp³-hybridized carbons (Fsp3) is 0.333. The number of benzene rings is 2. The number of rotatable bonds is 12. The Labute approximate surface area is 208 Å². The van der Waals surface area contributed by atoms with Gasteiger partial charge < -0.3 is 4.74 Å². The van der Waals surface area contributed by atoms with Gasteiger partial charge in [-0.2, -0.15) is 0 Å². The quantitative estimate of drug-likeness (QED) is 0.165. The molecule has 0 bridgehead atoms. The molecule has 0 saturated carbocycles. The van der Waals surface area contributed by atoms with E-state index in [1.54, 1.807) is 11.4 Å². The summed E-state index contributed by atoms with van der Waals surface area (Å²) in [4.78, 5) is 42.2. The number of unbranched alkanes of at least 4 members (excludes halogenated alkanes) is 2. The summed E-state index contributed by atoms with van der Waals surface area (Å²) in [6.45, 7) is 3.39. The van der Waals surface area contributed by atoms with E-state index in [0.717, 1.165) is 24.2 Å². The molecule has 1 amide bonds. The lowest BCUT2D eigenvalue weighted by molar-refractivity contribution is -0.145. The van der Waals surface area contributed by atoms with E-state index in [1.165, 1.54) is 48.4 Å². The molecule has 6 nitrogen and oxygen atoms in total. The first-order valence-corrected chi connectivity index (χ1v) is 12.5. The highest BCUT2D eigenvalue weighted by atomic mass is 32.1. The minimum atomic E-state index is -0.540. The number of para-hydroxylation sites is 1. The fourth-order valence-electron chi connectivity index (χ4n) is 3.53. The van der Waals surface area contributed by atoms with Gasteiger partial charge in [-0.3, -0.25) is 19.3 Å². The predicted octanol–water partition coefficient (Wildman–Crippen LogP) is 6.41. The van der Waals surface area contributed by atoms with Crippen molar-refractivity contribution in [1.29, 1.82) is 0 Å². The van der Waals surface area contributed by atoms with Crippen LogP contribution in [-0.4, -0.2) is 22.6 Å². The van der Waals surface area contributed by atoms with E-state index >= 15 is 0 Å². The van der Waals surface area contributed by atoms with Crippen molar-refractivity contribution in [2.75, 3.05) is 4.90 Å². The standard InChI is InChI=1S/C27H29FN2O4S/c1-3-4-5-8-20-11-13-21(14-12-20)25(32)15-16-26(33)34-17-22-18-35-27(29-22)30(19(2)31)24-10-7-6-9-23(24)28/h6-7,9-14,18H,3-5,8,15-17H2,1-2H3. The highest BCUT2D eigenvalue weighted by Gasteiger charge is 2.21. The van der Waals surface area contributed by atoms with Gasteiger partial charge in [0.25, 0.3) is 0 Å². The van der Waals surface area contributed by atoms with Crippen LogP contribution >= 0.6 is 11.3 Å². The maximum atomic E-state index is 14.2. The number of anilines is 2. The van der Waals surface area contributed by atoms with Gasteiger partial charge in [0.2, 0.25) is 5.91 Å². The summed E-state index contributed by atoms with van der Waals surface area (Å²) in [5, 5.41) is 1.93. The lowest BCUT2D eigenvalue weighted by Gasteiger charge is -2.18. The lowest BCUT2D eigenvalue weighted by Crippen LogP contribution is -2.23. The number of ketones is 1. The molecule has 0 N–H and O–H groups in total. The Hall–Kier alpha value is -3.39. The van der Waals surface area contributed by atoms with Gasteiger partial charge in [-0.05, 0) is 30.5 Å². The molecule has 1 heterocycles. The van der Waals surface area contributed by atoms with Gasteiger partial charge in [0.1, 0.15) is 12.4 Å². The van der Waals surface area contributed by atoms with E-state index in [9.17, 15) is 18.8 Å². The molecule has 1 aromatic heterocycles. The van der Waals surface area contributed by atoms with Crippen molar-refractivity contribution in [2.24, 2.45) is 0 Å². The van der Waals surface area contributed by atoms with Crippen LogP contribution in [0.3, 0.4) is 0 Å². The molecule has 0 aliphatic carbocycles. The molecule has 0 spiro atoms. The number of Topliss-reactive ketones (excluding diaryl/α,β-unsaturated/α-hetero) is 1. The Kier molecular flexibility index (Phi) is 9.66. The predicted molar refractivity (Wildman–Crippen MR) is 134 cm³/mol. The number of ether oxygens (including phenoxy) is 1. The number of halogens is 1. The molecular formula is C27H29FN2O4S. The SMILES string of the molecule is CCCCCc1ccc(C(=O)CCC(=O)OCc2csc(N(C(C)=O)c3ccccc3F)n2)cc1. The minimum absolute atomic E-state index is 0.0388. The number of nitrogens with zero attached hydrogens (tertiary/aromatic N) is 2. The van der Waals surface area contributed by atoms with E-state index in [2.05, 4.69) is 11.9 Å². The normalized spacial score (nSPS) is 10.7. The van der Waals surface area contributed by atoms with Gasteiger partial charge in [-0.25, -0.2) is 9.37 Å². The number of carbonyl (C=O) groups is 3. The molecule has 0 fully saturated rings. The van der Waals surface area contributed by atoms with Gasteiger partial charge in [0.15, 0.2) is 10.9 Å². The van der Waals surface area contributed by atoms with E-state index < -0.39 is 11.8 Å². The highest BCUT2D eigenvalue weighted by molar-refractivity contribution is 7.14. The smallest absolute Gasteiger partial charge is 0.306 e. The van der Waals surface area contributed by atoms with Gasteiger partial charge >= 0.3 is 5.97 Å². The Morgan fingerprint density at radius 3 is 2.46 bits per heavy atom. The number of amides is 1. The number of hydrogen-bond donors (Lipinski definition) is 0. The molecule has 0 unspecified atom stereocenters. The summed E-state index contributed by atoms with van der Waals surface area (Å²) in [5.41, 5.74) is 2.32. The average molecular weight is 497 g/mol. The zero-order valence-electron chi connectivity index (χ0n) is 20.0. The van der Waals surface area contributed by atoms with Crippen molar-refractivity contribution in [3.05, 3.63) is 76.5 Å². The van der Waals surface area contributed by atoms with Crippen molar-refractivity contribution in [3.63, 3.8) is 0 Å². The summed E-state index contributed by atoms with van der Waals surface area (Å²) in [5.74, 6) is -1.55. The van der Waals surface area contributed by atoms with Crippen molar-refractivity contribution in [3.8, 4) is 0 Å². The molecule has 2 aromatic carbocycles. The largest absolute Gasteiger partial charge is 0.459 e. The van der Waals surface area contributed by atoms with Gasteiger partial charge in [-0.1, -0.05) is 56.2 Å². The molecule has 0 aliphatic heterocycles. The Morgan fingerprint density at radius 1 is 1.03 bits per heavy atom. The first-order valence-electron chi connectivity index (χ1n) is 11.7. The van der Waals surface area contributed by atoms with Crippen LogP contribution in [0.15, 0.2) is 53.9 Å². The third-order valence-electron chi connectivity index (χ3n) is 5.42. The second kappa shape index (κ2) is 12.9. The van der Waals surface area contributed by atoms with Crippen molar-refractivity contribution in [1.82, 2.24) is 4.98 Å². The third-order valence-corrected chi connectivity index (χ3v) is 6.30. The molecule has 0 radical (unpaired) electrons. The molecule has 3 rings (SSSR count). The van der Waals surface area contributed by atoms with Crippen LogP contribution in [0.2, 0.25) is 0 Å². The summed E-state index contributed by atoms with van der Waals surface area (Å²) < 4.78 is 19.4.